The van der Waals surface area contributed by atoms with Crippen LogP contribution >= 0.6 is 0 Å². The van der Waals surface area contributed by atoms with Crippen molar-refractivity contribution >= 4 is 30.4 Å². The SMILES string of the molecule is CCc1ccc2c(c1)[cH-]c1cc(N(Cc3ccccc3)Cc3ccccc3)ccc12.[Cl-].[Cl-].[Zr+2]=[C](c1ccccc1)c1ccccc1.c1cc[cH-]c1. The van der Waals surface area contributed by atoms with E-state index in [1.54, 1.807) is 0 Å². The van der Waals surface area contributed by atoms with Gasteiger partial charge in [0.05, 0.1) is 0 Å². The maximum absolute atomic E-state index is 2.47. The van der Waals surface area contributed by atoms with Gasteiger partial charge in [0.25, 0.3) is 0 Å². The van der Waals surface area contributed by atoms with Crippen molar-refractivity contribution in [3.63, 3.8) is 0 Å². The van der Waals surface area contributed by atoms with Gasteiger partial charge in [-0.25, -0.2) is 12.1 Å². The first-order valence-corrected chi connectivity index (χ1v) is 18.2. The summed E-state index contributed by atoms with van der Waals surface area (Å²) in [5, 5.41) is 5.36. The van der Waals surface area contributed by atoms with Gasteiger partial charge in [-0.05, 0) is 17.5 Å². The molecule has 0 aliphatic heterocycles. The van der Waals surface area contributed by atoms with Crippen LogP contribution < -0.4 is 29.7 Å². The Morgan fingerprint density at radius 1 is 0.510 bits per heavy atom. The number of aryl methyl sites for hydroxylation is 1. The van der Waals surface area contributed by atoms with Crippen LogP contribution in [0.15, 0.2) is 194 Å². The number of nitrogens with zero attached hydrogens (tertiary/aromatic N) is 1. The number of rotatable bonds is 8. The van der Waals surface area contributed by atoms with Gasteiger partial charge < -0.3 is 29.7 Å². The minimum atomic E-state index is 0. The number of benzene rings is 6. The third-order valence-corrected chi connectivity index (χ3v) is 10.1. The van der Waals surface area contributed by atoms with Gasteiger partial charge >= 0.3 is 99.2 Å². The molecule has 0 bridgehead atoms. The standard InChI is InChI=1S/C29H26N.C13H10.C5H5.2ClH.Zr/c1-2-22-13-15-28-25(17-22)18-26-19-27(14-16-29(26)28)30(20-23-9-5-3-6-10-23)21-24-11-7-4-8-12-24;1-3-7-12(8-4-1)11-13-9-5-2-6-10-13;1-2-4-5-3-1;;;/h3-19H,2,20-21H2,1H3;1-10H;1-5H;2*1H;/q-1;;-1;;;+2/p-2. The van der Waals surface area contributed by atoms with E-state index in [4.69, 9.17) is 0 Å². The van der Waals surface area contributed by atoms with E-state index in [0.717, 1.165) is 19.5 Å². The summed E-state index contributed by atoms with van der Waals surface area (Å²) in [7, 11) is 0. The maximum Gasteiger partial charge on any atom is -0.172 e. The Bertz CT molecular complexity index is 2060. The first-order chi connectivity index (χ1) is 24.2. The van der Waals surface area contributed by atoms with Crippen LogP contribution in [0.25, 0.3) is 21.5 Å². The molecule has 0 spiro atoms. The monoisotopic (exact) mass is 779 g/mol. The van der Waals surface area contributed by atoms with E-state index in [-0.39, 0.29) is 24.8 Å². The Morgan fingerprint density at radius 2 is 0.961 bits per heavy atom. The minimum absolute atomic E-state index is 0. The fourth-order valence-corrected chi connectivity index (χ4v) is 6.84. The number of fused-ring (bicyclic) bond motifs is 3. The topological polar surface area (TPSA) is 3.24 Å². The molecule has 0 amide bonds. The molecule has 8 aromatic carbocycles. The van der Waals surface area contributed by atoms with Crippen molar-refractivity contribution in [1.29, 1.82) is 0 Å². The van der Waals surface area contributed by atoms with E-state index in [2.05, 4.69) is 176 Å². The van der Waals surface area contributed by atoms with Crippen LogP contribution in [0.5, 0.6) is 0 Å². The van der Waals surface area contributed by atoms with E-state index in [0.29, 0.717) is 0 Å². The van der Waals surface area contributed by atoms with Crippen LogP contribution in [0.3, 0.4) is 0 Å². The van der Waals surface area contributed by atoms with Crippen LogP contribution in [-0.2, 0) is 43.7 Å². The molecular formula is C47H41Cl2NZr-2. The number of hydrogen-bond donors (Lipinski definition) is 0. The molecule has 4 heteroatoms. The van der Waals surface area contributed by atoms with Crippen molar-refractivity contribution in [3.05, 3.63) is 222 Å². The molecule has 0 saturated heterocycles. The molecule has 1 nitrogen and oxygen atoms in total. The quantitative estimate of drug-likeness (QED) is 0.179. The molecule has 0 aromatic heterocycles. The molecule has 8 aromatic rings. The van der Waals surface area contributed by atoms with Gasteiger partial charge in [-0.2, -0.15) is 18.2 Å². The molecule has 51 heavy (non-hydrogen) atoms. The van der Waals surface area contributed by atoms with Gasteiger partial charge in [0.15, 0.2) is 0 Å². The molecule has 0 aliphatic carbocycles. The molecule has 0 radical (unpaired) electrons. The number of anilines is 1. The van der Waals surface area contributed by atoms with Gasteiger partial charge in [-0.1, -0.05) is 103 Å². The molecule has 0 heterocycles. The van der Waals surface area contributed by atoms with E-state index in [1.165, 1.54) is 82.5 Å². The molecule has 0 fully saturated rings. The van der Waals surface area contributed by atoms with Crippen molar-refractivity contribution in [2.45, 2.75) is 26.4 Å². The fraction of sp³-hybridized carbons (Fsp3) is 0.0851. The predicted octanol–water partition coefficient (Wildman–Crippen LogP) is 5.70. The maximum atomic E-state index is 2.47. The zero-order valence-electron chi connectivity index (χ0n) is 28.8. The summed E-state index contributed by atoms with van der Waals surface area (Å²) in [5.74, 6) is 0. The summed E-state index contributed by atoms with van der Waals surface area (Å²) < 4.78 is 1.42. The van der Waals surface area contributed by atoms with Crippen LogP contribution in [0.2, 0.25) is 0 Å². The third kappa shape index (κ3) is 11.1. The molecule has 0 aliphatic rings. The molecule has 0 saturated carbocycles. The molecule has 0 N–H and O–H groups in total. The van der Waals surface area contributed by atoms with Crippen LogP contribution in [0.1, 0.15) is 34.7 Å². The van der Waals surface area contributed by atoms with E-state index in [1.807, 2.05) is 30.3 Å². The van der Waals surface area contributed by atoms with Crippen LogP contribution in [0, 0.1) is 0 Å². The van der Waals surface area contributed by atoms with E-state index in [9.17, 15) is 0 Å². The average Bonchev–Trinajstić information content (AvgIpc) is 3.88. The second kappa shape index (κ2) is 20.5. The molecule has 254 valence electrons. The second-order valence-electron chi connectivity index (χ2n) is 12.1. The number of hydrogen-bond acceptors (Lipinski definition) is 1. The van der Waals surface area contributed by atoms with E-state index >= 15 is 0 Å². The van der Waals surface area contributed by atoms with Crippen LogP contribution in [-0.4, -0.2) is 3.21 Å². The summed E-state index contributed by atoms with van der Waals surface area (Å²) in [5.41, 5.74) is 7.98. The van der Waals surface area contributed by atoms with Crippen molar-refractivity contribution in [1.82, 2.24) is 0 Å². The van der Waals surface area contributed by atoms with Gasteiger partial charge in [0, 0.05) is 18.8 Å². The zero-order valence-corrected chi connectivity index (χ0v) is 32.8. The van der Waals surface area contributed by atoms with Crippen LogP contribution in [0.4, 0.5) is 5.69 Å². The molecule has 0 atom stereocenters. The molecule has 8 rings (SSSR count). The largest absolute Gasteiger partial charge is 0.214 e. The predicted molar refractivity (Wildman–Crippen MR) is 207 cm³/mol. The van der Waals surface area contributed by atoms with E-state index < -0.39 is 0 Å². The summed E-state index contributed by atoms with van der Waals surface area (Å²) in [4.78, 5) is 2.47. The Balaban J connectivity index is 0.000000230. The van der Waals surface area contributed by atoms with Gasteiger partial charge in [0.1, 0.15) is 0 Å². The Morgan fingerprint density at radius 3 is 1.41 bits per heavy atom. The summed E-state index contributed by atoms with van der Waals surface area (Å²) in [6, 6.07) is 68.7. The summed E-state index contributed by atoms with van der Waals surface area (Å²) >= 11 is 1.46. The summed E-state index contributed by atoms with van der Waals surface area (Å²) in [6.45, 7) is 4.00. The Hall–Kier alpha value is -4.33. The Labute approximate surface area is 330 Å². The summed E-state index contributed by atoms with van der Waals surface area (Å²) in [6.07, 6.45) is 1.07. The van der Waals surface area contributed by atoms with Gasteiger partial charge in [0.2, 0.25) is 0 Å². The van der Waals surface area contributed by atoms with Crippen molar-refractivity contribution in [2.75, 3.05) is 4.90 Å². The first kappa shape index (κ1) is 39.5. The minimum Gasteiger partial charge on any atom is -0.214 e. The van der Waals surface area contributed by atoms with Crippen molar-refractivity contribution in [3.8, 4) is 0 Å². The second-order valence-corrected chi connectivity index (χ2v) is 13.3. The molecular weight excluding hydrogens is 741 g/mol. The first-order valence-electron chi connectivity index (χ1n) is 17.0. The van der Waals surface area contributed by atoms with Gasteiger partial charge in [-0.15, -0.1) is 33.7 Å². The Kier molecular flexibility index (Phi) is 15.9. The number of halogens is 2. The third-order valence-electron chi connectivity index (χ3n) is 8.64. The van der Waals surface area contributed by atoms with Crippen molar-refractivity contribution in [2.24, 2.45) is 0 Å². The van der Waals surface area contributed by atoms with Crippen molar-refractivity contribution < 1.29 is 49.0 Å². The zero-order chi connectivity index (χ0) is 33.7. The smallest absolute Gasteiger partial charge is 0.172 e. The normalized spacial score (nSPS) is 10.1. The van der Waals surface area contributed by atoms with Gasteiger partial charge in [-0.3, -0.25) is 0 Å². The fourth-order valence-electron chi connectivity index (χ4n) is 6.02. The average molecular weight is 782 g/mol. The molecule has 0 unspecified atom stereocenters.